The van der Waals surface area contributed by atoms with Crippen molar-refractivity contribution in [3.63, 3.8) is 0 Å². The average molecular weight is 153 g/mol. The summed E-state index contributed by atoms with van der Waals surface area (Å²) in [7, 11) is 0. The molecule has 0 saturated heterocycles. The summed E-state index contributed by atoms with van der Waals surface area (Å²) in [5, 5.41) is 0. The number of hydrogen-bond donors (Lipinski definition) is 1. The fraction of sp³-hybridized carbons (Fsp3) is 0.667. The largest absolute Gasteiger partial charge is 0.404 e. The molecule has 0 radical (unpaired) electrons. The lowest BCUT2D eigenvalue weighted by atomic mass is 9.86. The predicted molar refractivity (Wildman–Crippen MR) is 44.9 cm³/mol. The Morgan fingerprint density at radius 1 is 1.27 bits per heavy atom. The van der Waals surface area contributed by atoms with Crippen LogP contribution in [0.2, 0.25) is 0 Å². The molecule has 0 aromatic heterocycles. The Labute approximate surface area is 67.5 Å². The molecule has 0 spiro atoms. The van der Waals surface area contributed by atoms with E-state index in [4.69, 9.17) is 5.73 Å². The van der Waals surface area contributed by atoms with Gasteiger partial charge in [-0.3, -0.25) is 4.79 Å². The average Bonchev–Trinajstić information content (AvgIpc) is 2.07. The quantitative estimate of drug-likeness (QED) is 0.612. The molecule has 0 aromatic carbocycles. The maximum atomic E-state index is 11.2. The number of carbonyl (C=O) groups is 1. The van der Waals surface area contributed by atoms with Gasteiger partial charge in [-0.25, -0.2) is 0 Å². The van der Waals surface area contributed by atoms with Crippen molar-refractivity contribution < 1.29 is 4.79 Å². The number of carbonyl (C=O) groups excluding carboxylic acids is 1. The summed E-state index contributed by atoms with van der Waals surface area (Å²) in [4.78, 5) is 11.2. The molecule has 1 aliphatic carbocycles. The van der Waals surface area contributed by atoms with E-state index in [9.17, 15) is 4.79 Å². The molecule has 0 aliphatic heterocycles. The number of ketones is 1. The molecule has 0 amide bonds. The van der Waals surface area contributed by atoms with Crippen molar-refractivity contribution in [3.8, 4) is 0 Å². The van der Waals surface area contributed by atoms with Crippen molar-refractivity contribution in [2.75, 3.05) is 0 Å². The molecule has 1 fully saturated rings. The Morgan fingerprint density at radius 3 is 2.45 bits per heavy atom. The third-order valence-corrected chi connectivity index (χ3v) is 2.27. The predicted octanol–water partition coefficient (Wildman–Crippen LogP) is 1.61. The van der Waals surface area contributed by atoms with Crippen molar-refractivity contribution >= 4 is 5.78 Å². The van der Waals surface area contributed by atoms with Crippen LogP contribution in [0.25, 0.3) is 0 Å². The molecule has 2 N–H and O–H groups in total. The highest BCUT2D eigenvalue weighted by atomic mass is 16.1. The highest BCUT2D eigenvalue weighted by Crippen LogP contribution is 2.24. The Morgan fingerprint density at radius 2 is 1.91 bits per heavy atom. The van der Waals surface area contributed by atoms with Crippen molar-refractivity contribution in [1.82, 2.24) is 0 Å². The van der Waals surface area contributed by atoms with Crippen molar-refractivity contribution in [3.05, 3.63) is 12.3 Å². The van der Waals surface area contributed by atoms with E-state index in [0.29, 0.717) is 0 Å². The van der Waals surface area contributed by atoms with Crippen molar-refractivity contribution in [2.45, 2.75) is 32.1 Å². The van der Waals surface area contributed by atoms with Crippen LogP contribution in [0.15, 0.2) is 12.3 Å². The molecule has 0 bridgehead atoms. The van der Waals surface area contributed by atoms with Gasteiger partial charge in [-0.1, -0.05) is 19.3 Å². The highest BCUT2D eigenvalue weighted by molar-refractivity contribution is 5.91. The van der Waals surface area contributed by atoms with Gasteiger partial charge < -0.3 is 5.73 Å². The summed E-state index contributed by atoms with van der Waals surface area (Å²) in [6.07, 6.45) is 8.65. The van der Waals surface area contributed by atoms with Crippen molar-refractivity contribution in [2.24, 2.45) is 11.7 Å². The van der Waals surface area contributed by atoms with Crippen LogP contribution >= 0.6 is 0 Å². The topological polar surface area (TPSA) is 43.1 Å². The third kappa shape index (κ3) is 2.37. The van der Waals surface area contributed by atoms with Gasteiger partial charge in [-0.2, -0.15) is 0 Å². The molecule has 0 aromatic rings. The van der Waals surface area contributed by atoms with Crippen LogP contribution in [0.3, 0.4) is 0 Å². The van der Waals surface area contributed by atoms with E-state index in [1.807, 2.05) is 0 Å². The maximum absolute atomic E-state index is 11.2. The van der Waals surface area contributed by atoms with Gasteiger partial charge in [0.15, 0.2) is 5.78 Å². The number of nitrogens with two attached hydrogens (primary N) is 1. The van der Waals surface area contributed by atoms with Gasteiger partial charge in [0.2, 0.25) is 0 Å². The molecule has 0 unspecified atom stereocenters. The first-order valence-electron chi connectivity index (χ1n) is 4.26. The van der Waals surface area contributed by atoms with Crippen LogP contribution < -0.4 is 5.73 Å². The van der Waals surface area contributed by atoms with Gasteiger partial charge in [0.25, 0.3) is 0 Å². The molecule has 62 valence electrons. The summed E-state index contributed by atoms with van der Waals surface area (Å²) >= 11 is 0. The Bertz CT molecular complexity index is 157. The standard InChI is InChI=1S/C9H15NO/c10-7-6-9(11)8-4-2-1-3-5-8/h6-8H,1-5,10H2/b7-6+. The Balaban J connectivity index is 2.38. The second kappa shape index (κ2) is 4.16. The van der Waals surface area contributed by atoms with E-state index in [-0.39, 0.29) is 11.7 Å². The maximum Gasteiger partial charge on any atom is 0.160 e. The molecular weight excluding hydrogens is 138 g/mol. The Kier molecular flexibility index (Phi) is 3.14. The second-order valence-corrected chi connectivity index (χ2v) is 3.10. The first-order chi connectivity index (χ1) is 5.34. The molecule has 1 saturated carbocycles. The van der Waals surface area contributed by atoms with Gasteiger partial charge in [0, 0.05) is 5.92 Å². The van der Waals surface area contributed by atoms with E-state index in [1.54, 1.807) is 0 Å². The molecule has 1 rings (SSSR count). The zero-order chi connectivity index (χ0) is 8.10. The van der Waals surface area contributed by atoms with Crippen LogP contribution in [-0.2, 0) is 4.79 Å². The van der Waals surface area contributed by atoms with Crippen LogP contribution in [0.1, 0.15) is 32.1 Å². The van der Waals surface area contributed by atoms with Crippen LogP contribution in [0, 0.1) is 5.92 Å². The molecule has 2 heteroatoms. The third-order valence-electron chi connectivity index (χ3n) is 2.27. The lowest BCUT2D eigenvalue weighted by Crippen LogP contribution is -2.15. The zero-order valence-electron chi connectivity index (χ0n) is 6.75. The monoisotopic (exact) mass is 153 g/mol. The summed E-state index contributed by atoms with van der Waals surface area (Å²) in [6.45, 7) is 0. The minimum Gasteiger partial charge on any atom is -0.404 e. The van der Waals surface area contributed by atoms with E-state index in [0.717, 1.165) is 12.8 Å². The van der Waals surface area contributed by atoms with E-state index >= 15 is 0 Å². The number of allylic oxidation sites excluding steroid dienone is 1. The first-order valence-corrected chi connectivity index (χ1v) is 4.26. The molecule has 0 atom stereocenters. The van der Waals surface area contributed by atoms with Gasteiger partial charge >= 0.3 is 0 Å². The fourth-order valence-electron chi connectivity index (χ4n) is 1.62. The Hall–Kier alpha value is -0.790. The minimum absolute atomic E-state index is 0.215. The van der Waals surface area contributed by atoms with Gasteiger partial charge in [-0.05, 0) is 25.1 Å². The van der Waals surface area contributed by atoms with Crippen LogP contribution in [0.4, 0.5) is 0 Å². The molecule has 1 aliphatic rings. The number of rotatable bonds is 2. The van der Waals surface area contributed by atoms with Gasteiger partial charge in [-0.15, -0.1) is 0 Å². The normalized spacial score (nSPS) is 20.7. The first kappa shape index (κ1) is 8.31. The SMILES string of the molecule is N/C=C/C(=O)C1CCCCC1. The lowest BCUT2D eigenvalue weighted by Gasteiger charge is -2.18. The summed E-state index contributed by atoms with van der Waals surface area (Å²) < 4.78 is 0. The molecular formula is C9H15NO. The summed E-state index contributed by atoms with van der Waals surface area (Å²) in [5.41, 5.74) is 5.13. The van der Waals surface area contributed by atoms with Gasteiger partial charge in [0.05, 0.1) is 0 Å². The zero-order valence-corrected chi connectivity index (χ0v) is 6.75. The fourth-order valence-corrected chi connectivity index (χ4v) is 1.62. The number of hydrogen-bond acceptors (Lipinski definition) is 2. The minimum atomic E-state index is 0.215. The van der Waals surface area contributed by atoms with E-state index in [2.05, 4.69) is 0 Å². The van der Waals surface area contributed by atoms with Crippen LogP contribution in [0.5, 0.6) is 0 Å². The molecule has 11 heavy (non-hydrogen) atoms. The summed E-state index contributed by atoms with van der Waals surface area (Å²) in [5.74, 6) is 0.482. The highest BCUT2D eigenvalue weighted by Gasteiger charge is 2.18. The van der Waals surface area contributed by atoms with E-state index < -0.39 is 0 Å². The van der Waals surface area contributed by atoms with Gasteiger partial charge in [0.1, 0.15) is 0 Å². The second-order valence-electron chi connectivity index (χ2n) is 3.10. The summed E-state index contributed by atoms with van der Waals surface area (Å²) in [6, 6.07) is 0. The van der Waals surface area contributed by atoms with Crippen LogP contribution in [-0.4, -0.2) is 5.78 Å². The van der Waals surface area contributed by atoms with Crippen molar-refractivity contribution in [1.29, 1.82) is 0 Å². The van der Waals surface area contributed by atoms with E-state index in [1.165, 1.54) is 31.5 Å². The molecule has 2 nitrogen and oxygen atoms in total. The lowest BCUT2D eigenvalue weighted by molar-refractivity contribution is -0.119. The smallest absolute Gasteiger partial charge is 0.160 e. The molecule has 0 heterocycles.